The van der Waals surface area contributed by atoms with Crippen LogP contribution in [-0.2, 0) is 0 Å². The minimum Gasteiger partial charge on any atom is -0.178 e. The van der Waals surface area contributed by atoms with Gasteiger partial charge in [0.1, 0.15) is 0 Å². The maximum absolute atomic E-state index is 3.84. The zero-order valence-corrected chi connectivity index (χ0v) is 30.5. The summed E-state index contributed by atoms with van der Waals surface area (Å²) < 4.78 is 0.170. The van der Waals surface area contributed by atoms with Crippen LogP contribution in [0.15, 0.2) is 0 Å². The SMILES string of the molecule is Br[B][B]B(Br)B(Br)B(Br)B(Br)B(Br)B(Br)B(Br)B(Br)B(Br)B(Br)Br. The van der Waals surface area contributed by atoms with Crippen molar-refractivity contribution >= 4 is 254 Å². The van der Waals surface area contributed by atoms with Crippen molar-refractivity contribution in [2.75, 3.05) is 0 Å². The molecular weight excluding hydrogens is 1090 g/mol. The van der Waals surface area contributed by atoms with E-state index in [0.29, 0.717) is 0 Å². The van der Waals surface area contributed by atoms with E-state index in [1.807, 2.05) is 13.1 Å². The molecule has 0 N–H and O–H groups in total. The molecule has 0 bridgehead atoms. The largest absolute Gasteiger partial charge is 0.272 e. The van der Waals surface area contributed by atoms with Crippen molar-refractivity contribution in [2.24, 2.45) is 0 Å². The fraction of sp³-hybridized carbons (Fsp3) is 0. The maximum atomic E-state index is 3.84. The van der Waals surface area contributed by atoms with E-state index >= 15 is 0 Å². The van der Waals surface area contributed by atoms with Crippen molar-refractivity contribution in [3.63, 3.8) is 0 Å². The van der Waals surface area contributed by atoms with Crippen LogP contribution in [0.2, 0.25) is 0 Å². The summed E-state index contributed by atoms with van der Waals surface area (Å²) in [7, 11) is 2.05. The Bertz CT molecular complexity index is 342. The van der Waals surface area contributed by atoms with Crippen LogP contribution in [0, 0.1) is 0 Å². The lowest BCUT2D eigenvalue weighted by atomic mass is 8.86. The van der Waals surface area contributed by atoms with Crippen molar-refractivity contribution < 1.29 is 0 Å². The fourth-order valence-corrected chi connectivity index (χ4v) is 11.9. The Kier molecular flexibility index (Phi) is 20.6. The van der Waals surface area contributed by atoms with Gasteiger partial charge in [-0.15, -0.1) is 31.5 Å². The molecular formula is B12Br12. The number of hydrogen-bond donors (Lipinski definition) is 0. The summed E-state index contributed by atoms with van der Waals surface area (Å²) in [6.45, 7) is 0. The van der Waals surface area contributed by atoms with Crippen molar-refractivity contribution in [1.29, 1.82) is 0 Å². The van der Waals surface area contributed by atoms with Crippen LogP contribution in [0.5, 0.6) is 0 Å². The summed E-state index contributed by atoms with van der Waals surface area (Å²) in [5, 5.41) is 1.79. The van der Waals surface area contributed by atoms with Crippen molar-refractivity contribution in [1.82, 2.24) is 0 Å². The summed E-state index contributed by atoms with van der Waals surface area (Å²) >= 11 is 44.5. The van der Waals surface area contributed by atoms with Gasteiger partial charge >= 0.3 is 0 Å². The van der Waals surface area contributed by atoms with E-state index in [4.69, 9.17) is 0 Å². The van der Waals surface area contributed by atoms with Crippen LogP contribution in [-0.4, -0.2) is 65.2 Å². The first-order chi connectivity index (χ1) is 11.0. The highest BCUT2D eigenvalue weighted by Crippen LogP contribution is 2.29. The molecule has 0 heterocycles. The highest BCUT2D eigenvalue weighted by molar-refractivity contribution is 9.56. The molecule has 0 unspecified atom stereocenters. The molecule has 0 fully saturated rings. The normalized spacial score (nSPS) is 9.67. The fourth-order valence-electron chi connectivity index (χ4n) is 1.54. The zero-order chi connectivity index (χ0) is 19.2. The second kappa shape index (κ2) is 16.2. The minimum absolute atomic E-state index is 0.170. The van der Waals surface area contributed by atoms with Crippen molar-refractivity contribution in [3.8, 4) is 0 Å². The van der Waals surface area contributed by atoms with Crippen molar-refractivity contribution in [2.45, 2.75) is 0 Å². The van der Waals surface area contributed by atoms with Gasteiger partial charge in [0.2, 0.25) is 0 Å². The Balaban J connectivity index is 4.89. The van der Waals surface area contributed by atoms with Gasteiger partial charge in [-0.05, 0) is 0 Å². The third-order valence-corrected chi connectivity index (χ3v) is 21.4. The number of hydrogen-bond acceptors (Lipinski definition) is 0. The lowest BCUT2D eigenvalue weighted by Crippen LogP contribution is -2.61. The predicted molar refractivity (Wildman–Crippen MR) is 176 cm³/mol. The standard InChI is InChI=1S/B12Br12/c13-2-1-3(14)4(15)5(16)6(17)7(18)8(19)9(20)10(21)11(22)12(23)24. The molecule has 0 aliphatic rings. The molecule has 0 saturated heterocycles. The summed E-state index contributed by atoms with van der Waals surface area (Å²) in [4.78, 5) is 0. The highest BCUT2D eigenvalue weighted by Gasteiger charge is 2.51. The second-order valence-corrected chi connectivity index (χ2v) is 17.9. The molecule has 0 aromatic carbocycles. The van der Waals surface area contributed by atoms with Crippen LogP contribution in [0.25, 0.3) is 0 Å². The topological polar surface area (TPSA) is 0 Å². The van der Waals surface area contributed by atoms with Gasteiger partial charge in [-0.1, -0.05) is 0 Å². The molecule has 0 aromatic heterocycles. The third-order valence-electron chi connectivity index (χ3n) is 2.93. The quantitative estimate of drug-likeness (QED) is 0.238. The van der Waals surface area contributed by atoms with Gasteiger partial charge in [0, 0.05) is 0 Å². The zero-order valence-electron chi connectivity index (χ0n) is 11.5. The summed E-state index contributed by atoms with van der Waals surface area (Å²) in [5.74, 6) is 1.86. The Morgan fingerprint density at radius 2 is 0.708 bits per heavy atom. The van der Waals surface area contributed by atoms with Gasteiger partial charge < -0.3 is 0 Å². The molecule has 0 atom stereocenters. The van der Waals surface area contributed by atoms with Crippen molar-refractivity contribution in [3.05, 3.63) is 0 Å². The van der Waals surface area contributed by atoms with Crippen LogP contribution in [0.3, 0.4) is 0 Å². The monoisotopic (exact) mass is 1080 g/mol. The molecule has 0 nitrogen and oxygen atoms in total. The van der Waals surface area contributed by atoms with Gasteiger partial charge in [-0.3, -0.25) is 0 Å². The van der Waals surface area contributed by atoms with Crippen LogP contribution in [0.4, 0.5) is 0 Å². The molecule has 0 aliphatic heterocycles. The molecule has 0 aliphatic carbocycles. The summed E-state index contributed by atoms with van der Waals surface area (Å²) in [6, 6.07) is 0. The van der Waals surface area contributed by atoms with Gasteiger partial charge in [0.05, 0.1) is 7.06 Å². The Morgan fingerprint density at radius 3 is 1.00 bits per heavy atom. The van der Waals surface area contributed by atoms with Crippen LogP contribution >= 0.6 is 189 Å². The third kappa shape index (κ3) is 10.4. The molecule has 24 heteroatoms. The predicted octanol–water partition coefficient (Wildman–Crippen LogP) is 5.58. The number of rotatable bonds is 11. The van der Waals surface area contributed by atoms with E-state index in [1.165, 1.54) is 0 Å². The molecule has 0 spiro atoms. The molecule has 0 rings (SSSR count). The van der Waals surface area contributed by atoms with E-state index in [9.17, 15) is 0 Å². The molecule has 24 heavy (non-hydrogen) atoms. The Hall–Kier alpha value is 6.54. The van der Waals surface area contributed by atoms with Gasteiger partial charge in [0.25, 0.3) is 4.25 Å². The molecule has 0 aromatic rings. The molecule has 2 radical (unpaired) electrons. The average Bonchev–Trinajstić information content (AvgIpc) is 2.56. The Morgan fingerprint density at radius 1 is 0.417 bits per heavy atom. The lowest BCUT2D eigenvalue weighted by molar-refractivity contribution is 3.63. The molecule has 0 saturated carbocycles. The van der Waals surface area contributed by atoms with Crippen LogP contribution < -0.4 is 0 Å². The van der Waals surface area contributed by atoms with Crippen LogP contribution in [0.1, 0.15) is 0 Å². The summed E-state index contributed by atoms with van der Waals surface area (Å²) in [6.07, 6.45) is 0. The highest BCUT2D eigenvalue weighted by atomic mass is 79.9. The first kappa shape index (κ1) is 30.5. The minimum atomic E-state index is 0.170. The molecule has 120 valence electrons. The van der Waals surface area contributed by atoms with E-state index < -0.39 is 0 Å². The average molecular weight is 1090 g/mol. The second-order valence-electron chi connectivity index (χ2n) is 4.65. The first-order valence-corrected chi connectivity index (χ1v) is 17.3. The number of halogens is 12. The smallest absolute Gasteiger partial charge is 0.178 e. The first-order valence-electron chi connectivity index (χ1n) is 6.29. The van der Waals surface area contributed by atoms with E-state index in [0.717, 1.165) is 0 Å². The van der Waals surface area contributed by atoms with Gasteiger partial charge in [0.15, 0.2) is 53.9 Å². The Labute approximate surface area is 249 Å². The lowest BCUT2D eigenvalue weighted by Gasteiger charge is -2.25. The van der Waals surface area contributed by atoms with E-state index in [-0.39, 0.29) is 52.1 Å². The summed E-state index contributed by atoms with van der Waals surface area (Å²) in [5.41, 5.74) is 0. The van der Waals surface area contributed by atoms with Gasteiger partial charge in [-0.25, -0.2) is 0 Å². The maximum Gasteiger partial charge on any atom is 0.272 e. The van der Waals surface area contributed by atoms with E-state index in [2.05, 4.69) is 189 Å². The van der Waals surface area contributed by atoms with E-state index in [1.54, 1.807) is 0 Å². The molecule has 0 amide bonds. The van der Waals surface area contributed by atoms with Gasteiger partial charge in [-0.2, -0.15) is 158 Å².